The van der Waals surface area contributed by atoms with Crippen LogP contribution in [-0.2, 0) is 9.53 Å². The molecule has 0 radical (unpaired) electrons. The number of nitrogens with two attached hydrogens (primary N) is 1. The first-order valence-electron chi connectivity index (χ1n) is 5.59. The Bertz CT molecular complexity index is 196. The number of hydrogen-bond acceptors (Lipinski definition) is 3. The topological polar surface area (TPSA) is 52.3 Å². The molecule has 0 aromatic rings. The van der Waals surface area contributed by atoms with Crippen molar-refractivity contribution >= 4 is 5.97 Å². The van der Waals surface area contributed by atoms with Gasteiger partial charge in [-0.3, -0.25) is 4.79 Å². The molecule has 0 saturated heterocycles. The van der Waals surface area contributed by atoms with E-state index in [-0.39, 0.29) is 5.97 Å². The minimum absolute atomic E-state index is 0.307. The summed E-state index contributed by atoms with van der Waals surface area (Å²) in [4.78, 5) is 11.1. The molecule has 0 aliphatic rings. The molecule has 0 bridgehead atoms. The summed E-state index contributed by atoms with van der Waals surface area (Å²) in [6, 6.07) is -0.461. The molecule has 2 atom stereocenters. The number of carbonyl (C=O) groups excluding carboxylic acids is 1. The summed E-state index contributed by atoms with van der Waals surface area (Å²) in [5, 5.41) is 0. The quantitative estimate of drug-likeness (QED) is 0.716. The van der Waals surface area contributed by atoms with Crippen molar-refractivity contribution in [2.45, 2.75) is 53.0 Å². The van der Waals surface area contributed by atoms with Gasteiger partial charge in [0.25, 0.3) is 0 Å². The van der Waals surface area contributed by atoms with E-state index >= 15 is 0 Å². The highest BCUT2D eigenvalue weighted by Crippen LogP contribution is 2.26. The molecule has 2 N–H and O–H groups in total. The summed E-state index contributed by atoms with van der Waals surface area (Å²) < 4.78 is 4.58. The molecule has 2 unspecified atom stereocenters. The predicted octanol–water partition coefficient (Wildman–Crippen LogP) is 2.34. The Morgan fingerprint density at radius 1 is 1.33 bits per heavy atom. The van der Waals surface area contributed by atoms with Crippen molar-refractivity contribution in [2.75, 3.05) is 7.11 Å². The van der Waals surface area contributed by atoms with Gasteiger partial charge >= 0.3 is 5.97 Å². The van der Waals surface area contributed by atoms with Crippen molar-refractivity contribution in [2.24, 2.45) is 17.1 Å². The summed E-state index contributed by atoms with van der Waals surface area (Å²) in [6.45, 7) is 8.88. The summed E-state index contributed by atoms with van der Waals surface area (Å²) in [6.07, 6.45) is 2.85. The highest BCUT2D eigenvalue weighted by atomic mass is 16.5. The third-order valence-corrected chi connectivity index (χ3v) is 2.44. The highest BCUT2D eigenvalue weighted by Gasteiger charge is 2.18. The zero-order valence-corrected chi connectivity index (χ0v) is 10.7. The fourth-order valence-corrected chi connectivity index (χ4v) is 1.88. The second-order valence-electron chi connectivity index (χ2n) is 5.58. The SMILES string of the molecule is COC(=O)C(N)CCC(C)CC(C)(C)C. The molecule has 0 spiro atoms. The van der Waals surface area contributed by atoms with E-state index in [1.807, 2.05) is 0 Å². The minimum Gasteiger partial charge on any atom is -0.468 e. The third kappa shape index (κ3) is 7.37. The summed E-state index contributed by atoms with van der Waals surface area (Å²) in [5.41, 5.74) is 6.01. The maximum atomic E-state index is 11.1. The van der Waals surface area contributed by atoms with Crippen LogP contribution < -0.4 is 5.73 Å². The number of ether oxygens (including phenoxy) is 1. The van der Waals surface area contributed by atoms with Crippen molar-refractivity contribution in [3.8, 4) is 0 Å². The minimum atomic E-state index is -0.461. The van der Waals surface area contributed by atoms with Gasteiger partial charge in [-0.25, -0.2) is 0 Å². The van der Waals surface area contributed by atoms with Crippen LogP contribution in [0.4, 0.5) is 0 Å². The molecular weight excluding hydrogens is 190 g/mol. The van der Waals surface area contributed by atoms with E-state index in [4.69, 9.17) is 5.73 Å². The van der Waals surface area contributed by atoms with Crippen LogP contribution in [0.2, 0.25) is 0 Å². The Hall–Kier alpha value is -0.570. The van der Waals surface area contributed by atoms with Crippen LogP contribution in [0.3, 0.4) is 0 Å². The number of rotatable bonds is 5. The standard InChI is InChI=1S/C12H25NO2/c1-9(8-12(2,3)4)6-7-10(13)11(14)15-5/h9-10H,6-8,13H2,1-5H3. The van der Waals surface area contributed by atoms with Gasteiger partial charge in [0.1, 0.15) is 6.04 Å². The molecule has 0 amide bonds. The van der Waals surface area contributed by atoms with Gasteiger partial charge in [-0.05, 0) is 30.6 Å². The van der Waals surface area contributed by atoms with Gasteiger partial charge < -0.3 is 10.5 Å². The highest BCUT2D eigenvalue weighted by molar-refractivity contribution is 5.75. The lowest BCUT2D eigenvalue weighted by Crippen LogP contribution is -2.32. The van der Waals surface area contributed by atoms with Crippen LogP contribution in [0, 0.1) is 11.3 Å². The summed E-state index contributed by atoms with van der Waals surface area (Å²) in [5.74, 6) is 0.290. The van der Waals surface area contributed by atoms with E-state index in [0.29, 0.717) is 17.8 Å². The summed E-state index contributed by atoms with van der Waals surface area (Å²) in [7, 11) is 1.38. The zero-order valence-electron chi connectivity index (χ0n) is 10.7. The van der Waals surface area contributed by atoms with Crippen molar-refractivity contribution in [1.82, 2.24) is 0 Å². The van der Waals surface area contributed by atoms with Crippen LogP contribution in [0.15, 0.2) is 0 Å². The van der Waals surface area contributed by atoms with Crippen LogP contribution in [0.1, 0.15) is 47.0 Å². The molecule has 3 heteroatoms. The number of hydrogen-bond donors (Lipinski definition) is 1. The normalized spacial score (nSPS) is 15.9. The van der Waals surface area contributed by atoms with Crippen molar-refractivity contribution < 1.29 is 9.53 Å². The Labute approximate surface area is 93.4 Å². The molecule has 3 nitrogen and oxygen atoms in total. The van der Waals surface area contributed by atoms with Crippen molar-refractivity contribution in [3.05, 3.63) is 0 Å². The van der Waals surface area contributed by atoms with Crippen LogP contribution in [-0.4, -0.2) is 19.1 Å². The maximum Gasteiger partial charge on any atom is 0.322 e. The number of carbonyl (C=O) groups is 1. The van der Waals surface area contributed by atoms with Gasteiger partial charge in [0.2, 0.25) is 0 Å². The van der Waals surface area contributed by atoms with E-state index < -0.39 is 6.04 Å². The molecule has 0 aliphatic heterocycles. The molecule has 15 heavy (non-hydrogen) atoms. The average Bonchev–Trinajstić information content (AvgIpc) is 2.10. The molecule has 0 aliphatic carbocycles. The second-order valence-corrected chi connectivity index (χ2v) is 5.58. The molecule has 0 fully saturated rings. The monoisotopic (exact) mass is 215 g/mol. The van der Waals surface area contributed by atoms with Gasteiger partial charge in [0, 0.05) is 0 Å². The van der Waals surface area contributed by atoms with Crippen LogP contribution in [0.25, 0.3) is 0 Å². The Morgan fingerprint density at radius 3 is 2.27 bits per heavy atom. The molecule has 0 heterocycles. The van der Waals surface area contributed by atoms with E-state index in [9.17, 15) is 4.79 Å². The first-order valence-corrected chi connectivity index (χ1v) is 5.59. The van der Waals surface area contributed by atoms with E-state index in [2.05, 4.69) is 32.4 Å². The molecule has 0 saturated carbocycles. The van der Waals surface area contributed by atoms with E-state index in [1.54, 1.807) is 0 Å². The average molecular weight is 215 g/mol. The Kier molecular flexibility index (Phi) is 5.88. The first kappa shape index (κ1) is 14.4. The number of methoxy groups -OCH3 is 1. The van der Waals surface area contributed by atoms with Gasteiger partial charge in [0.05, 0.1) is 7.11 Å². The lowest BCUT2D eigenvalue weighted by atomic mass is 9.83. The second kappa shape index (κ2) is 6.11. The van der Waals surface area contributed by atoms with Gasteiger partial charge in [-0.1, -0.05) is 27.7 Å². The predicted molar refractivity (Wildman–Crippen MR) is 62.5 cm³/mol. The lowest BCUT2D eigenvalue weighted by molar-refractivity contribution is -0.142. The van der Waals surface area contributed by atoms with Gasteiger partial charge in [-0.2, -0.15) is 0 Å². The van der Waals surface area contributed by atoms with Crippen molar-refractivity contribution in [3.63, 3.8) is 0 Å². The van der Waals surface area contributed by atoms with Crippen molar-refractivity contribution in [1.29, 1.82) is 0 Å². The first-order chi connectivity index (χ1) is 6.76. The van der Waals surface area contributed by atoms with E-state index in [0.717, 1.165) is 12.8 Å². The number of esters is 1. The molecular formula is C12H25NO2. The molecule has 0 aromatic heterocycles. The Morgan fingerprint density at radius 2 is 1.87 bits per heavy atom. The van der Waals surface area contributed by atoms with Crippen LogP contribution in [0.5, 0.6) is 0 Å². The maximum absolute atomic E-state index is 11.1. The van der Waals surface area contributed by atoms with Gasteiger partial charge in [-0.15, -0.1) is 0 Å². The lowest BCUT2D eigenvalue weighted by Gasteiger charge is -2.23. The van der Waals surface area contributed by atoms with E-state index in [1.165, 1.54) is 7.11 Å². The molecule has 0 aromatic carbocycles. The fraction of sp³-hybridized carbons (Fsp3) is 0.917. The molecule has 0 rings (SSSR count). The Balaban J connectivity index is 3.81. The largest absolute Gasteiger partial charge is 0.468 e. The molecule has 90 valence electrons. The zero-order chi connectivity index (χ0) is 12.1. The van der Waals surface area contributed by atoms with Gasteiger partial charge in [0.15, 0.2) is 0 Å². The van der Waals surface area contributed by atoms with Crippen LogP contribution >= 0.6 is 0 Å². The summed E-state index contributed by atoms with van der Waals surface area (Å²) >= 11 is 0. The third-order valence-electron chi connectivity index (χ3n) is 2.44. The smallest absolute Gasteiger partial charge is 0.322 e. The fourth-order valence-electron chi connectivity index (χ4n) is 1.88.